The first kappa shape index (κ1) is 15.9. The summed E-state index contributed by atoms with van der Waals surface area (Å²) in [6, 6.07) is 0. The van der Waals surface area contributed by atoms with E-state index in [0.717, 1.165) is 19.3 Å². The third-order valence-electron chi connectivity index (χ3n) is 3.36. The van der Waals surface area contributed by atoms with Crippen LogP contribution in [0.3, 0.4) is 0 Å². The van der Waals surface area contributed by atoms with Gasteiger partial charge in [-0.2, -0.15) is 0 Å². The van der Waals surface area contributed by atoms with Crippen LogP contribution in [0, 0.1) is 17.3 Å². The predicted octanol–water partition coefficient (Wildman–Crippen LogP) is 3.01. The molecule has 0 aromatic rings. The van der Waals surface area contributed by atoms with Crippen LogP contribution < -0.4 is 0 Å². The summed E-state index contributed by atoms with van der Waals surface area (Å²) in [7, 11) is 0. The van der Waals surface area contributed by atoms with Crippen molar-refractivity contribution in [3.8, 4) is 0 Å². The molecule has 4 nitrogen and oxygen atoms in total. The molecule has 0 radical (unpaired) electrons. The Kier molecular flexibility index (Phi) is 6.21. The molecule has 1 saturated carbocycles. The Morgan fingerprint density at radius 1 is 1.12 bits per heavy atom. The average Bonchev–Trinajstić information content (AvgIpc) is 1.96. The molecule has 0 amide bonds. The highest BCUT2D eigenvalue weighted by atomic mass is 16.4. The molecule has 0 heterocycles. The zero-order valence-electron chi connectivity index (χ0n) is 11.2. The lowest BCUT2D eigenvalue weighted by Gasteiger charge is -2.41. The van der Waals surface area contributed by atoms with Gasteiger partial charge in [0.1, 0.15) is 0 Å². The van der Waals surface area contributed by atoms with Crippen LogP contribution >= 0.6 is 0 Å². The lowest BCUT2D eigenvalue weighted by Crippen LogP contribution is -2.42. The molecule has 1 aliphatic rings. The molecule has 100 valence electrons. The number of hydrogen-bond acceptors (Lipinski definition) is 2. The van der Waals surface area contributed by atoms with E-state index in [1.807, 2.05) is 27.7 Å². The lowest BCUT2D eigenvalue weighted by atomic mass is 9.62. The SMILES string of the molecule is CC(C)C1(C(=O)O)CCC1.CC(C)CC(=O)O. The Labute approximate surface area is 103 Å². The molecule has 0 bridgehead atoms. The minimum Gasteiger partial charge on any atom is -0.481 e. The van der Waals surface area contributed by atoms with Crippen molar-refractivity contribution in [2.75, 3.05) is 0 Å². The molecule has 1 rings (SSSR count). The molecule has 0 aromatic carbocycles. The fourth-order valence-corrected chi connectivity index (χ4v) is 1.95. The summed E-state index contributed by atoms with van der Waals surface area (Å²) in [5.74, 6) is -0.750. The standard InChI is InChI=1S/C8H14O2.C5H10O2/c1-6(2)8(7(9)10)4-3-5-8;1-4(2)3-5(6)7/h6H,3-5H2,1-2H3,(H,9,10);4H,3H2,1-2H3,(H,6,7). The summed E-state index contributed by atoms with van der Waals surface area (Å²) >= 11 is 0. The van der Waals surface area contributed by atoms with Crippen LogP contribution in [0.2, 0.25) is 0 Å². The molecule has 0 atom stereocenters. The third kappa shape index (κ3) is 4.75. The van der Waals surface area contributed by atoms with Crippen molar-refractivity contribution >= 4 is 11.9 Å². The second-order valence-corrected chi connectivity index (χ2v) is 5.46. The topological polar surface area (TPSA) is 74.6 Å². The third-order valence-corrected chi connectivity index (χ3v) is 3.36. The normalized spacial score (nSPS) is 17.1. The monoisotopic (exact) mass is 244 g/mol. The molecule has 1 aliphatic carbocycles. The van der Waals surface area contributed by atoms with Gasteiger partial charge in [0.2, 0.25) is 0 Å². The van der Waals surface area contributed by atoms with Gasteiger partial charge in [-0.15, -0.1) is 0 Å². The highest BCUT2D eigenvalue weighted by molar-refractivity contribution is 5.76. The zero-order chi connectivity index (χ0) is 13.6. The smallest absolute Gasteiger partial charge is 0.309 e. The van der Waals surface area contributed by atoms with Gasteiger partial charge < -0.3 is 10.2 Å². The Morgan fingerprint density at radius 2 is 1.59 bits per heavy atom. The highest BCUT2D eigenvalue weighted by Crippen LogP contribution is 2.46. The Hall–Kier alpha value is -1.06. The zero-order valence-corrected chi connectivity index (χ0v) is 11.2. The summed E-state index contributed by atoms with van der Waals surface area (Å²) < 4.78 is 0. The lowest BCUT2D eigenvalue weighted by molar-refractivity contribution is -0.158. The van der Waals surface area contributed by atoms with Gasteiger partial charge in [0.05, 0.1) is 5.41 Å². The van der Waals surface area contributed by atoms with Crippen LogP contribution in [-0.4, -0.2) is 22.2 Å². The number of aliphatic carboxylic acids is 2. The van der Waals surface area contributed by atoms with Crippen LogP contribution in [0.4, 0.5) is 0 Å². The van der Waals surface area contributed by atoms with Crippen molar-refractivity contribution in [1.82, 2.24) is 0 Å². The van der Waals surface area contributed by atoms with Crippen molar-refractivity contribution in [2.24, 2.45) is 17.3 Å². The number of rotatable bonds is 4. The van der Waals surface area contributed by atoms with Gasteiger partial charge in [-0.05, 0) is 24.7 Å². The van der Waals surface area contributed by atoms with Gasteiger partial charge in [0, 0.05) is 6.42 Å². The van der Waals surface area contributed by atoms with E-state index >= 15 is 0 Å². The van der Waals surface area contributed by atoms with E-state index in [1.54, 1.807) is 0 Å². The van der Waals surface area contributed by atoms with Crippen molar-refractivity contribution in [1.29, 1.82) is 0 Å². The summed E-state index contributed by atoms with van der Waals surface area (Å²) in [5.41, 5.74) is -0.361. The Bertz CT molecular complexity index is 265. The number of hydrogen-bond donors (Lipinski definition) is 2. The molecule has 0 spiro atoms. The van der Waals surface area contributed by atoms with E-state index in [2.05, 4.69) is 0 Å². The minimum absolute atomic E-state index is 0.275. The quantitative estimate of drug-likeness (QED) is 0.797. The molecule has 0 aliphatic heterocycles. The van der Waals surface area contributed by atoms with E-state index in [0.29, 0.717) is 5.92 Å². The predicted molar refractivity (Wildman–Crippen MR) is 65.8 cm³/mol. The first-order chi connectivity index (χ1) is 7.72. The van der Waals surface area contributed by atoms with Crippen LogP contribution in [-0.2, 0) is 9.59 Å². The number of carboxylic acids is 2. The second-order valence-electron chi connectivity index (χ2n) is 5.46. The van der Waals surface area contributed by atoms with E-state index in [4.69, 9.17) is 10.2 Å². The molecule has 17 heavy (non-hydrogen) atoms. The van der Waals surface area contributed by atoms with Gasteiger partial charge in [-0.25, -0.2) is 0 Å². The summed E-state index contributed by atoms with van der Waals surface area (Å²) in [5, 5.41) is 16.9. The summed E-state index contributed by atoms with van der Waals surface area (Å²) in [6.07, 6.45) is 3.12. The van der Waals surface area contributed by atoms with Gasteiger partial charge in [-0.3, -0.25) is 9.59 Å². The second kappa shape index (κ2) is 6.62. The maximum atomic E-state index is 10.7. The fraction of sp³-hybridized carbons (Fsp3) is 0.846. The van der Waals surface area contributed by atoms with Crippen LogP contribution in [0.15, 0.2) is 0 Å². The van der Waals surface area contributed by atoms with Crippen molar-refractivity contribution < 1.29 is 19.8 Å². The van der Waals surface area contributed by atoms with Crippen molar-refractivity contribution in [2.45, 2.75) is 53.4 Å². The van der Waals surface area contributed by atoms with Gasteiger partial charge in [-0.1, -0.05) is 34.1 Å². The fourth-order valence-electron chi connectivity index (χ4n) is 1.95. The molecule has 0 saturated heterocycles. The highest BCUT2D eigenvalue weighted by Gasteiger charge is 2.46. The number of carboxylic acid groups (broad SMARTS) is 2. The number of carbonyl (C=O) groups is 2. The van der Waals surface area contributed by atoms with Crippen LogP contribution in [0.5, 0.6) is 0 Å². The maximum absolute atomic E-state index is 10.7. The first-order valence-corrected chi connectivity index (χ1v) is 6.17. The Balaban J connectivity index is 0.000000325. The van der Waals surface area contributed by atoms with Crippen LogP contribution in [0.25, 0.3) is 0 Å². The van der Waals surface area contributed by atoms with Crippen molar-refractivity contribution in [3.63, 3.8) is 0 Å². The average molecular weight is 244 g/mol. The van der Waals surface area contributed by atoms with E-state index in [1.165, 1.54) is 0 Å². The molecule has 4 heteroatoms. The molecular formula is C13H24O4. The van der Waals surface area contributed by atoms with E-state index in [-0.39, 0.29) is 17.8 Å². The molecule has 0 aromatic heterocycles. The van der Waals surface area contributed by atoms with E-state index < -0.39 is 11.9 Å². The van der Waals surface area contributed by atoms with Gasteiger partial charge in [0.25, 0.3) is 0 Å². The van der Waals surface area contributed by atoms with Crippen LogP contribution in [0.1, 0.15) is 53.4 Å². The molecular weight excluding hydrogens is 220 g/mol. The Morgan fingerprint density at radius 3 is 1.59 bits per heavy atom. The largest absolute Gasteiger partial charge is 0.481 e. The van der Waals surface area contributed by atoms with Crippen molar-refractivity contribution in [3.05, 3.63) is 0 Å². The van der Waals surface area contributed by atoms with Gasteiger partial charge >= 0.3 is 11.9 Å². The maximum Gasteiger partial charge on any atom is 0.309 e. The molecule has 1 fully saturated rings. The molecule has 2 N–H and O–H groups in total. The summed E-state index contributed by atoms with van der Waals surface area (Å²) in [4.78, 5) is 20.6. The first-order valence-electron chi connectivity index (χ1n) is 6.17. The minimum atomic E-state index is -0.713. The van der Waals surface area contributed by atoms with E-state index in [9.17, 15) is 9.59 Å². The summed E-state index contributed by atoms with van der Waals surface area (Å²) in [6.45, 7) is 7.75. The molecule has 0 unspecified atom stereocenters. The van der Waals surface area contributed by atoms with Gasteiger partial charge in [0.15, 0.2) is 0 Å².